The van der Waals surface area contributed by atoms with Crippen LogP contribution < -0.4 is 0 Å². The molecule has 0 amide bonds. The largest absolute Gasteiger partial charge is 0.244 e. The van der Waals surface area contributed by atoms with Crippen molar-refractivity contribution in [2.75, 3.05) is 18.8 Å². The third-order valence-electron chi connectivity index (χ3n) is 4.50. The van der Waals surface area contributed by atoms with Crippen LogP contribution in [0, 0.1) is 11.3 Å². The van der Waals surface area contributed by atoms with Crippen molar-refractivity contribution < 1.29 is 16.8 Å². The summed E-state index contributed by atoms with van der Waals surface area (Å²) in [6.07, 6.45) is 0.181. The van der Waals surface area contributed by atoms with E-state index < -0.39 is 25.1 Å². The molecule has 1 saturated heterocycles. The molecule has 1 heterocycles. The maximum Gasteiger partial charge on any atom is 0.244 e. The van der Waals surface area contributed by atoms with Gasteiger partial charge in [-0.25, -0.2) is 16.8 Å². The van der Waals surface area contributed by atoms with Crippen LogP contribution in [0.3, 0.4) is 0 Å². The lowest BCUT2D eigenvalue weighted by Gasteiger charge is -2.20. The molecule has 0 N–H and O–H groups in total. The van der Waals surface area contributed by atoms with E-state index in [1.807, 2.05) is 12.1 Å². The smallest absolute Gasteiger partial charge is 0.228 e. The summed E-state index contributed by atoms with van der Waals surface area (Å²) in [6.45, 7) is -0.0331. The molecule has 1 unspecified atom stereocenters. The molecule has 1 aliphatic rings. The maximum atomic E-state index is 13.0. The first-order chi connectivity index (χ1) is 12.4. The van der Waals surface area contributed by atoms with Crippen LogP contribution in [0.1, 0.15) is 22.8 Å². The molecule has 1 aliphatic heterocycles. The average Bonchev–Trinajstić information content (AvgIpc) is 2.80. The van der Waals surface area contributed by atoms with Crippen LogP contribution in [-0.2, 0) is 19.9 Å². The SMILES string of the molecule is N#Cc1ccccc1S(=O)(=O)N1CCC(c2ccccc2)S(=O)(=O)CC1. The van der Waals surface area contributed by atoms with Crippen molar-refractivity contribution in [1.82, 2.24) is 4.31 Å². The maximum absolute atomic E-state index is 13.0. The van der Waals surface area contributed by atoms with Gasteiger partial charge >= 0.3 is 0 Å². The van der Waals surface area contributed by atoms with Gasteiger partial charge in [-0.1, -0.05) is 42.5 Å². The molecule has 26 heavy (non-hydrogen) atoms. The number of hydrogen-bond acceptors (Lipinski definition) is 5. The predicted molar refractivity (Wildman–Crippen MR) is 97.5 cm³/mol. The molecule has 1 fully saturated rings. The lowest BCUT2D eigenvalue weighted by atomic mass is 10.1. The minimum absolute atomic E-state index is 0.0548. The van der Waals surface area contributed by atoms with Gasteiger partial charge in [-0.2, -0.15) is 9.57 Å². The highest BCUT2D eigenvalue weighted by Gasteiger charge is 2.36. The summed E-state index contributed by atoms with van der Waals surface area (Å²) in [5, 5.41) is 8.45. The molecular weight excluding hydrogens is 372 g/mol. The van der Waals surface area contributed by atoms with Crippen molar-refractivity contribution >= 4 is 19.9 Å². The zero-order valence-corrected chi connectivity index (χ0v) is 15.6. The van der Waals surface area contributed by atoms with Crippen LogP contribution in [0.25, 0.3) is 0 Å². The molecule has 0 bridgehead atoms. The van der Waals surface area contributed by atoms with Gasteiger partial charge in [-0.05, 0) is 24.1 Å². The van der Waals surface area contributed by atoms with Crippen molar-refractivity contribution in [3.8, 4) is 6.07 Å². The van der Waals surface area contributed by atoms with Gasteiger partial charge in [0.1, 0.15) is 6.07 Å². The molecule has 136 valence electrons. The summed E-state index contributed by atoms with van der Waals surface area (Å²) < 4.78 is 52.4. The molecule has 0 aromatic heterocycles. The van der Waals surface area contributed by atoms with Crippen molar-refractivity contribution in [1.29, 1.82) is 5.26 Å². The average molecular weight is 390 g/mol. The van der Waals surface area contributed by atoms with E-state index in [1.54, 1.807) is 36.4 Å². The minimum atomic E-state index is -3.94. The molecule has 8 heteroatoms. The first kappa shape index (κ1) is 18.6. The molecule has 0 spiro atoms. The standard InChI is InChI=1S/C18H18N2O4S2/c19-14-16-8-4-5-9-18(16)26(23,24)20-11-10-17(25(21,22)13-12-20)15-6-2-1-3-7-15/h1-9,17H,10-13H2. The molecule has 0 saturated carbocycles. The Morgan fingerprint density at radius 3 is 2.35 bits per heavy atom. The van der Waals surface area contributed by atoms with Gasteiger partial charge in [0, 0.05) is 13.1 Å². The highest BCUT2D eigenvalue weighted by atomic mass is 32.2. The Bertz CT molecular complexity index is 1040. The second-order valence-corrected chi connectivity index (χ2v) is 10.3. The normalized spacial score (nSPS) is 20.8. The van der Waals surface area contributed by atoms with Crippen LogP contribution in [0.5, 0.6) is 0 Å². The summed E-state index contributed by atoms with van der Waals surface area (Å²) in [6, 6.07) is 16.7. The third-order valence-corrected chi connectivity index (χ3v) is 8.58. The monoisotopic (exact) mass is 390 g/mol. The minimum Gasteiger partial charge on any atom is -0.228 e. The van der Waals surface area contributed by atoms with Crippen LogP contribution in [0.2, 0.25) is 0 Å². The molecule has 0 aliphatic carbocycles. The number of sulfone groups is 1. The van der Waals surface area contributed by atoms with Crippen molar-refractivity contribution in [3.63, 3.8) is 0 Å². The number of hydrogen-bond donors (Lipinski definition) is 0. The third kappa shape index (κ3) is 3.51. The van der Waals surface area contributed by atoms with Crippen LogP contribution in [-0.4, -0.2) is 40.0 Å². The highest BCUT2D eigenvalue weighted by molar-refractivity contribution is 7.92. The van der Waals surface area contributed by atoms with Crippen LogP contribution >= 0.6 is 0 Å². The van der Waals surface area contributed by atoms with E-state index in [2.05, 4.69) is 0 Å². The van der Waals surface area contributed by atoms with E-state index >= 15 is 0 Å². The second-order valence-electron chi connectivity index (χ2n) is 6.07. The molecule has 1 atom stereocenters. The van der Waals surface area contributed by atoms with E-state index in [4.69, 9.17) is 0 Å². The highest BCUT2D eigenvalue weighted by Crippen LogP contribution is 2.31. The van der Waals surface area contributed by atoms with E-state index in [9.17, 15) is 22.1 Å². The first-order valence-electron chi connectivity index (χ1n) is 8.12. The number of nitriles is 1. The van der Waals surface area contributed by atoms with E-state index in [1.165, 1.54) is 16.4 Å². The fraction of sp³-hybridized carbons (Fsp3) is 0.278. The Morgan fingerprint density at radius 1 is 1.00 bits per heavy atom. The van der Waals surface area contributed by atoms with Gasteiger partial charge in [0.25, 0.3) is 0 Å². The van der Waals surface area contributed by atoms with Crippen LogP contribution in [0.15, 0.2) is 59.5 Å². The number of nitrogens with zero attached hydrogens (tertiary/aromatic N) is 2. The van der Waals surface area contributed by atoms with Gasteiger partial charge in [-0.3, -0.25) is 0 Å². The predicted octanol–water partition coefficient (Wildman–Crippen LogP) is 2.11. The van der Waals surface area contributed by atoms with E-state index in [0.29, 0.717) is 5.56 Å². The molecular formula is C18H18N2O4S2. The number of sulfonamides is 1. The summed E-state index contributed by atoms with van der Waals surface area (Å²) >= 11 is 0. The Hall–Kier alpha value is -2.21. The molecule has 0 radical (unpaired) electrons. The Kier molecular flexibility index (Phi) is 5.14. The summed E-state index contributed by atoms with van der Waals surface area (Å²) in [5.74, 6) is -0.249. The van der Waals surface area contributed by atoms with Crippen molar-refractivity contribution in [3.05, 3.63) is 65.7 Å². The number of benzene rings is 2. The Balaban J connectivity index is 1.94. The fourth-order valence-electron chi connectivity index (χ4n) is 3.13. The fourth-order valence-corrected chi connectivity index (χ4v) is 6.64. The Morgan fingerprint density at radius 2 is 1.65 bits per heavy atom. The van der Waals surface area contributed by atoms with Gasteiger partial charge in [-0.15, -0.1) is 0 Å². The van der Waals surface area contributed by atoms with Gasteiger partial charge < -0.3 is 0 Å². The molecule has 2 aromatic carbocycles. The van der Waals surface area contributed by atoms with Crippen LogP contribution in [0.4, 0.5) is 0 Å². The number of rotatable bonds is 3. The molecule has 6 nitrogen and oxygen atoms in total. The quantitative estimate of drug-likeness (QED) is 0.800. The zero-order valence-electron chi connectivity index (χ0n) is 13.9. The van der Waals surface area contributed by atoms with E-state index in [-0.39, 0.29) is 35.7 Å². The van der Waals surface area contributed by atoms with Gasteiger partial charge in [0.05, 0.1) is 21.5 Å². The lowest BCUT2D eigenvalue weighted by molar-refractivity contribution is 0.428. The lowest BCUT2D eigenvalue weighted by Crippen LogP contribution is -2.34. The molecule has 2 aromatic rings. The Labute approximate surface area is 153 Å². The van der Waals surface area contributed by atoms with Gasteiger partial charge in [0.15, 0.2) is 9.84 Å². The first-order valence-corrected chi connectivity index (χ1v) is 11.3. The van der Waals surface area contributed by atoms with Gasteiger partial charge in [0.2, 0.25) is 10.0 Å². The summed E-state index contributed by atoms with van der Waals surface area (Å²) in [7, 11) is -7.41. The summed E-state index contributed by atoms with van der Waals surface area (Å²) in [4.78, 5) is -0.0851. The second kappa shape index (κ2) is 7.19. The summed E-state index contributed by atoms with van der Waals surface area (Å²) in [5.41, 5.74) is 0.725. The van der Waals surface area contributed by atoms with Crippen molar-refractivity contribution in [2.45, 2.75) is 16.6 Å². The topological polar surface area (TPSA) is 95.3 Å². The zero-order chi connectivity index (χ0) is 18.8. The molecule has 3 rings (SSSR count). The van der Waals surface area contributed by atoms with Crippen molar-refractivity contribution in [2.24, 2.45) is 0 Å². The van der Waals surface area contributed by atoms with E-state index in [0.717, 1.165) is 0 Å².